The topological polar surface area (TPSA) is 34.1 Å². The molecular weight excluding hydrogens is 260 g/mol. The standard InChI is InChI=1S/C19H26O2/c1-18-9-7-13(20)11-12(18)3-4-14-15-5-6-17(21)19(15,2)10-8-16(14)18/h5,12,14,16H,3-4,6-11H2,1-2H3/t12-,14-,16-,18-,19-/m0/s1. The maximum absolute atomic E-state index is 12.3. The third-order valence-corrected chi connectivity index (χ3v) is 7.62. The lowest BCUT2D eigenvalue weighted by Crippen LogP contribution is -2.51. The first-order valence-electron chi connectivity index (χ1n) is 8.71. The van der Waals surface area contributed by atoms with E-state index in [1.165, 1.54) is 24.8 Å². The Hall–Kier alpha value is -0.920. The van der Waals surface area contributed by atoms with Gasteiger partial charge < -0.3 is 0 Å². The predicted octanol–water partition coefficient (Wildman–Crippen LogP) is 4.09. The van der Waals surface area contributed by atoms with Gasteiger partial charge in [-0.05, 0) is 62.2 Å². The molecule has 21 heavy (non-hydrogen) atoms. The summed E-state index contributed by atoms with van der Waals surface area (Å²) in [5.74, 6) is 2.84. The van der Waals surface area contributed by atoms with Gasteiger partial charge in [-0.15, -0.1) is 0 Å². The smallest absolute Gasteiger partial charge is 0.146 e. The minimum absolute atomic E-state index is 0.144. The fourth-order valence-corrected chi connectivity index (χ4v) is 6.19. The Morgan fingerprint density at radius 1 is 1.10 bits per heavy atom. The molecule has 0 spiro atoms. The number of hydrogen-bond acceptors (Lipinski definition) is 2. The SMILES string of the molecule is C[C@]12CC[C@H]3[C@@H](CC[C@H]4CC(=O)CC[C@@]43C)C1=CCC2=O. The van der Waals surface area contributed by atoms with Crippen molar-refractivity contribution in [1.82, 2.24) is 0 Å². The highest BCUT2D eigenvalue weighted by Crippen LogP contribution is 2.63. The molecule has 0 bridgehead atoms. The van der Waals surface area contributed by atoms with Crippen LogP contribution in [0.3, 0.4) is 0 Å². The molecule has 4 aliphatic rings. The first-order valence-corrected chi connectivity index (χ1v) is 8.71. The largest absolute Gasteiger partial charge is 0.300 e. The molecule has 114 valence electrons. The molecule has 4 aliphatic carbocycles. The number of ketones is 2. The van der Waals surface area contributed by atoms with Crippen molar-refractivity contribution in [3.8, 4) is 0 Å². The summed E-state index contributed by atoms with van der Waals surface area (Å²) in [5, 5.41) is 0. The summed E-state index contributed by atoms with van der Waals surface area (Å²) in [5.41, 5.74) is 1.67. The number of carbonyl (C=O) groups is 2. The summed E-state index contributed by atoms with van der Waals surface area (Å²) in [6.07, 6.45) is 10.2. The van der Waals surface area contributed by atoms with Gasteiger partial charge in [0.25, 0.3) is 0 Å². The van der Waals surface area contributed by atoms with Gasteiger partial charge in [-0.1, -0.05) is 18.6 Å². The summed E-state index contributed by atoms with van der Waals surface area (Å²) in [6, 6.07) is 0. The number of hydrogen-bond donors (Lipinski definition) is 0. The summed E-state index contributed by atoms with van der Waals surface area (Å²) >= 11 is 0. The molecule has 0 aromatic heterocycles. The van der Waals surface area contributed by atoms with E-state index in [0.717, 1.165) is 25.7 Å². The quantitative estimate of drug-likeness (QED) is 0.629. The summed E-state index contributed by atoms with van der Waals surface area (Å²) in [6.45, 7) is 4.63. The van der Waals surface area contributed by atoms with Crippen molar-refractivity contribution in [2.75, 3.05) is 0 Å². The molecule has 0 unspecified atom stereocenters. The Bertz CT molecular complexity index is 546. The van der Waals surface area contributed by atoms with Crippen LogP contribution in [0.25, 0.3) is 0 Å². The minimum Gasteiger partial charge on any atom is -0.300 e. The normalized spacial score (nSPS) is 49.2. The number of rotatable bonds is 0. The molecule has 0 radical (unpaired) electrons. The van der Waals surface area contributed by atoms with Crippen LogP contribution in [0.4, 0.5) is 0 Å². The lowest BCUT2D eigenvalue weighted by molar-refractivity contribution is -0.133. The molecule has 3 fully saturated rings. The molecular formula is C19H26O2. The van der Waals surface area contributed by atoms with Crippen molar-refractivity contribution in [3.63, 3.8) is 0 Å². The minimum atomic E-state index is -0.144. The zero-order valence-electron chi connectivity index (χ0n) is 13.3. The molecule has 0 amide bonds. The van der Waals surface area contributed by atoms with Crippen LogP contribution < -0.4 is 0 Å². The highest BCUT2D eigenvalue weighted by atomic mass is 16.1. The van der Waals surface area contributed by atoms with Gasteiger partial charge in [0, 0.05) is 24.7 Å². The second kappa shape index (κ2) is 4.30. The van der Waals surface area contributed by atoms with Gasteiger partial charge in [0.15, 0.2) is 0 Å². The molecule has 0 aliphatic heterocycles. The highest BCUT2D eigenvalue weighted by molar-refractivity contribution is 5.92. The third-order valence-electron chi connectivity index (χ3n) is 7.62. The van der Waals surface area contributed by atoms with E-state index in [2.05, 4.69) is 19.9 Å². The number of fused-ring (bicyclic) bond motifs is 5. The number of Topliss-reactive ketones (excluding diaryl/α,β-unsaturated/α-hetero) is 2. The molecule has 4 rings (SSSR count). The third kappa shape index (κ3) is 1.71. The lowest BCUT2D eigenvalue weighted by Gasteiger charge is -2.57. The van der Waals surface area contributed by atoms with E-state index in [9.17, 15) is 9.59 Å². The highest BCUT2D eigenvalue weighted by Gasteiger charge is 2.57. The fourth-order valence-electron chi connectivity index (χ4n) is 6.19. The van der Waals surface area contributed by atoms with Crippen LogP contribution in [0, 0.1) is 28.6 Å². The zero-order valence-corrected chi connectivity index (χ0v) is 13.3. The van der Waals surface area contributed by atoms with Crippen molar-refractivity contribution in [1.29, 1.82) is 0 Å². The Morgan fingerprint density at radius 3 is 2.71 bits per heavy atom. The Kier molecular flexibility index (Phi) is 2.81. The summed E-state index contributed by atoms with van der Waals surface area (Å²) in [4.78, 5) is 24.2. The van der Waals surface area contributed by atoms with Gasteiger partial charge in [0.1, 0.15) is 11.6 Å². The van der Waals surface area contributed by atoms with E-state index < -0.39 is 0 Å². The van der Waals surface area contributed by atoms with Crippen LogP contribution >= 0.6 is 0 Å². The fraction of sp³-hybridized carbons (Fsp3) is 0.789. The van der Waals surface area contributed by atoms with Gasteiger partial charge in [-0.25, -0.2) is 0 Å². The van der Waals surface area contributed by atoms with Crippen molar-refractivity contribution in [2.24, 2.45) is 28.6 Å². The average molecular weight is 286 g/mol. The second-order valence-corrected chi connectivity index (χ2v) is 8.39. The zero-order chi connectivity index (χ0) is 14.8. The Morgan fingerprint density at radius 2 is 1.90 bits per heavy atom. The number of allylic oxidation sites excluding steroid dienone is 2. The van der Waals surface area contributed by atoms with Crippen LogP contribution in [-0.2, 0) is 9.59 Å². The van der Waals surface area contributed by atoms with E-state index >= 15 is 0 Å². The van der Waals surface area contributed by atoms with Crippen molar-refractivity contribution in [3.05, 3.63) is 11.6 Å². The molecule has 5 atom stereocenters. The van der Waals surface area contributed by atoms with Crippen LogP contribution in [0.5, 0.6) is 0 Å². The molecule has 0 aromatic rings. The lowest BCUT2D eigenvalue weighted by atomic mass is 9.46. The van der Waals surface area contributed by atoms with Gasteiger partial charge in [-0.3, -0.25) is 9.59 Å². The van der Waals surface area contributed by atoms with Crippen LogP contribution in [-0.4, -0.2) is 11.6 Å². The first-order chi connectivity index (χ1) is 9.95. The Labute approximate surface area is 127 Å². The molecule has 0 N–H and O–H groups in total. The van der Waals surface area contributed by atoms with E-state index in [1.807, 2.05) is 0 Å². The van der Waals surface area contributed by atoms with Crippen molar-refractivity contribution < 1.29 is 9.59 Å². The molecule has 3 saturated carbocycles. The van der Waals surface area contributed by atoms with Gasteiger partial charge in [0.2, 0.25) is 0 Å². The van der Waals surface area contributed by atoms with Gasteiger partial charge in [0.05, 0.1) is 0 Å². The van der Waals surface area contributed by atoms with E-state index in [4.69, 9.17) is 0 Å². The second-order valence-electron chi connectivity index (χ2n) is 8.39. The number of carbonyl (C=O) groups excluding carboxylic acids is 2. The summed E-state index contributed by atoms with van der Waals surface area (Å²) in [7, 11) is 0. The maximum Gasteiger partial charge on any atom is 0.146 e. The average Bonchev–Trinajstić information content (AvgIpc) is 2.76. The van der Waals surface area contributed by atoms with Gasteiger partial charge in [-0.2, -0.15) is 0 Å². The van der Waals surface area contributed by atoms with E-state index in [1.54, 1.807) is 0 Å². The molecule has 2 nitrogen and oxygen atoms in total. The summed E-state index contributed by atoms with van der Waals surface area (Å²) < 4.78 is 0. The van der Waals surface area contributed by atoms with E-state index in [0.29, 0.717) is 41.2 Å². The van der Waals surface area contributed by atoms with Crippen LogP contribution in [0.15, 0.2) is 11.6 Å². The van der Waals surface area contributed by atoms with Crippen LogP contribution in [0.2, 0.25) is 0 Å². The first kappa shape index (κ1) is 13.7. The molecule has 0 aromatic carbocycles. The van der Waals surface area contributed by atoms with Crippen LogP contribution in [0.1, 0.15) is 65.2 Å². The maximum atomic E-state index is 12.3. The molecule has 0 heterocycles. The van der Waals surface area contributed by atoms with Gasteiger partial charge >= 0.3 is 0 Å². The molecule has 2 heteroatoms. The monoisotopic (exact) mass is 286 g/mol. The van der Waals surface area contributed by atoms with Crippen molar-refractivity contribution >= 4 is 11.6 Å². The Balaban J connectivity index is 1.68. The molecule has 0 saturated heterocycles. The van der Waals surface area contributed by atoms with E-state index in [-0.39, 0.29) is 5.41 Å². The van der Waals surface area contributed by atoms with Crippen molar-refractivity contribution in [2.45, 2.75) is 65.2 Å². The predicted molar refractivity (Wildman–Crippen MR) is 81.7 cm³/mol.